The predicted molar refractivity (Wildman–Crippen MR) is 106 cm³/mol. The molecule has 1 unspecified atom stereocenters. The lowest BCUT2D eigenvalue weighted by atomic mass is 10.2. The van der Waals surface area contributed by atoms with Gasteiger partial charge >= 0.3 is 6.18 Å². The van der Waals surface area contributed by atoms with Gasteiger partial charge in [0.2, 0.25) is 5.91 Å². The molecule has 3 rings (SSSR count). The average molecular weight is 440 g/mol. The lowest BCUT2D eigenvalue weighted by Gasteiger charge is -2.36. The Morgan fingerprint density at radius 3 is 2.27 bits per heavy atom. The Morgan fingerprint density at radius 1 is 1.13 bits per heavy atom. The molecule has 1 aliphatic heterocycles. The van der Waals surface area contributed by atoms with Crippen LogP contribution in [0.15, 0.2) is 47.5 Å². The number of nitro groups is 1. The van der Waals surface area contributed by atoms with Gasteiger partial charge in [-0.1, -0.05) is 0 Å². The zero-order valence-corrected chi connectivity index (χ0v) is 16.8. The van der Waals surface area contributed by atoms with Crippen LogP contribution in [0.1, 0.15) is 12.5 Å². The van der Waals surface area contributed by atoms with Crippen LogP contribution in [-0.2, 0) is 11.0 Å². The van der Waals surface area contributed by atoms with E-state index >= 15 is 0 Å². The third-order valence-electron chi connectivity index (χ3n) is 4.70. The van der Waals surface area contributed by atoms with Gasteiger partial charge in [0, 0.05) is 49.4 Å². The molecule has 1 aromatic heterocycles. The Hall–Kier alpha value is -2.82. The summed E-state index contributed by atoms with van der Waals surface area (Å²) in [6, 6.07) is 8.36. The van der Waals surface area contributed by atoms with Crippen LogP contribution in [0, 0.1) is 10.1 Å². The standard InChI is InChI=1S/C19H19F3N4O3S/c1-13(30-16-5-3-15(4-6-16)26(28)29)18(27)25-10-8-24(9-11-25)17-7-2-14(12-23-17)19(20,21)22/h2-7,12-13H,8-11H2,1H3. The number of non-ortho nitro benzene ring substituents is 1. The molecule has 160 valence electrons. The Balaban J connectivity index is 1.53. The normalized spacial score (nSPS) is 15.7. The number of rotatable bonds is 5. The number of piperazine rings is 1. The molecule has 1 amide bonds. The number of carbonyl (C=O) groups excluding carboxylic acids is 1. The highest BCUT2D eigenvalue weighted by atomic mass is 32.2. The molecule has 7 nitrogen and oxygen atoms in total. The van der Waals surface area contributed by atoms with Crippen molar-refractivity contribution in [1.82, 2.24) is 9.88 Å². The molecule has 0 saturated carbocycles. The lowest BCUT2D eigenvalue weighted by Crippen LogP contribution is -2.50. The third-order valence-corrected chi connectivity index (χ3v) is 5.80. The van der Waals surface area contributed by atoms with Crippen LogP contribution < -0.4 is 4.90 Å². The smallest absolute Gasteiger partial charge is 0.353 e. The Kier molecular flexibility index (Phi) is 6.49. The van der Waals surface area contributed by atoms with E-state index in [4.69, 9.17) is 0 Å². The molecular weight excluding hydrogens is 421 g/mol. The summed E-state index contributed by atoms with van der Waals surface area (Å²) in [6.07, 6.45) is -3.61. The third kappa shape index (κ3) is 5.21. The van der Waals surface area contributed by atoms with Crippen LogP contribution in [0.3, 0.4) is 0 Å². The summed E-state index contributed by atoms with van der Waals surface area (Å²) in [4.78, 5) is 31.2. The van der Waals surface area contributed by atoms with E-state index in [1.54, 1.807) is 24.0 Å². The summed E-state index contributed by atoms with van der Waals surface area (Å²) in [5, 5.41) is 10.3. The monoisotopic (exact) mass is 440 g/mol. The lowest BCUT2D eigenvalue weighted by molar-refractivity contribution is -0.384. The van der Waals surface area contributed by atoms with Gasteiger partial charge in [-0.2, -0.15) is 13.2 Å². The summed E-state index contributed by atoms with van der Waals surface area (Å²) in [6.45, 7) is 3.59. The molecule has 0 radical (unpaired) electrons. The predicted octanol–water partition coefficient (Wildman–Crippen LogP) is 3.84. The number of carbonyl (C=O) groups is 1. The van der Waals surface area contributed by atoms with E-state index in [-0.39, 0.29) is 16.8 Å². The van der Waals surface area contributed by atoms with E-state index < -0.39 is 16.7 Å². The van der Waals surface area contributed by atoms with Crippen molar-refractivity contribution < 1.29 is 22.9 Å². The van der Waals surface area contributed by atoms with Gasteiger partial charge in [0.25, 0.3) is 5.69 Å². The number of aromatic nitrogens is 1. The number of anilines is 1. The molecule has 0 N–H and O–H groups in total. The highest BCUT2D eigenvalue weighted by Crippen LogP contribution is 2.30. The van der Waals surface area contributed by atoms with E-state index in [0.29, 0.717) is 32.0 Å². The number of halogens is 3. The summed E-state index contributed by atoms with van der Waals surface area (Å²) in [5.41, 5.74) is -0.802. The second-order valence-electron chi connectivity index (χ2n) is 6.73. The highest BCUT2D eigenvalue weighted by Gasteiger charge is 2.31. The van der Waals surface area contributed by atoms with Crippen LogP contribution in [0.25, 0.3) is 0 Å². The summed E-state index contributed by atoms with van der Waals surface area (Å²) < 4.78 is 38.0. The van der Waals surface area contributed by atoms with Crippen LogP contribution in [0.4, 0.5) is 24.7 Å². The quantitative estimate of drug-likeness (QED) is 0.399. The van der Waals surface area contributed by atoms with Crippen LogP contribution in [0.5, 0.6) is 0 Å². The SMILES string of the molecule is CC(Sc1ccc([N+](=O)[O-])cc1)C(=O)N1CCN(c2ccc(C(F)(F)F)cn2)CC1. The van der Waals surface area contributed by atoms with Crippen molar-refractivity contribution >= 4 is 29.2 Å². The first-order chi connectivity index (χ1) is 14.1. The number of nitrogens with zero attached hydrogens (tertiary/aromatic N) is 4. The van der Waals surface area contributed by atoms with E-state index in [2.05, 4.69) is 4.98 Å². The molecule has 1 fully saturated rings. The van der Waals surface area contributed by atoms with Crippen molar-refractivity contribution in [3.63, 3.8) is 0 Å². The van der Waals surface area contributed by atoms with Crippen molar-refractivity contribution in [2.45, 2.75) is 23.2 Å². The van der Waals surface area contributed by atoms with Gasteiger partial charge in [-0.3, -0.25) is 14.9 Å². The number of benzene rings is 1. The molecular formula is C19H19F3N4O3S. The van der Waals surface area contributed by atoms with E-state index in [9.17, 15) is 28.1 Å². The van der Waals surface area contributed by atoms with E-state index in [1.165, 1.54) is 30.0 Å². The van der Waals surface area contributed by atoms with Crippen molar-refractivity contribution in [3.8, 4) is 0 Å². The van der Waals surface area contributed by atoms with Crippen molar-refractivity contribution in [2.24, 2.45) is 0 Å². The van der Waals surface area contributed by atoms with Gasteiger partial charge in [-0.15, -0.1) is 11.8 Å². The average Bonchev–Trinajstić information content (AvgIpc) is 2.73. The fourth-order valence-corrected chi connectivity index (χ4v) is 4.01. The minimum absolute atomic E-state index is 0.00803. The van der Waals surface area contributed by atoms with E-state index in [1.807, 2.05) is 4.90 Å². The van der Waals surface area contributed by atoms with Crippen molar-refractivity contribution in [2.75, 3.05) is 31.1 Å². The van der Waals surface area contributed by atoms with Crippen LogP contribution >= 0.6 is 11.8 Å². The molecule has 30 heavy (non-hydrogen) atoms. The first kappa shape index (κ1) is 21.9. The molecule has 0 aliphatic carbocycles. The molecule has 2 heterocycles. The molecule has 1 aliphatic rings. The Morgan fingerprint density at radius 2 is 1.77 bits per heavy atom. The topological polar surface area (TPSA) is 79.6 Å². The molecule has 1 saturated heterocycles. The van der Waals surface area contributed by atoms with Crippen molar-refractivity contribution in [1.29, 1.82) is 0 Å². The molecule has 11 heteroatoms. The van der Waals surface area contributed by atoms with Crippen LogP contribution in [-0.4, -0.2) is 52.1 Å². The molecule has 0 spiro atoms. The second kappa shape index (κ2) is 8.90. The summed E-state index contributed by atoms with van der Waals surface area (Å²) >= 11 is 1.32. The van der Waals surface area contributed by atoms with Gasteiger partial charge in [-0.05, 0) is 31.2 Å². The van der Waals surface area contributed by atoms with Gasteiger partial charge < -0.3 is 9.80 Å². The van der Waals surface area contributed by atoms with Crippen LogP contribution in [0.2, 0.25) is 0 Å². The maximum Gasteiger partial charge on any atom is 0.417 e. The number of alkyl halides is 3. The molecule has 1 aromatic carbocycles. The fraction of sp³-hybridized carbons (Fsp3) is 0.368. The van der Waals surface area contributed by atoms with Gasteiger partial charge in [-0.25, -0.2) is 4.98 Å². The summed E-state index contributed by atoms with van der Waals surface area (Å²) in [7, 11) is 0. The number of hydrogen-bond donors (Lipinski definition) is 0. The van der Waals surface area contributed by atoms with Gasteiger partial charge in [0.05, 0.1) is 15.7 Å². The Bertz CT molecular complexity index is 899. The number of nitro benzene ring substituents is 1. The zero-order chi connectivity index (χ0) is 21.9. The number of amides is 1. The fourth-order valence-electron chi connectivity index (χ4n) is 3.05. The molecule has 0 bridgehead atoms. The largest absolute Gasteiger partial charge is 0.417 e. The maximum absolute atomic E-state index is 12.7. The zero-order valence-electron chi connectivity index (χ0n) is 16.0. The highest BCUT2D eigenvalue weighted by molar-refractivity contribution is 8.00. The first-order valence-corrected chi connectivity index (χ1v) is 10.0. The number of thioether (sulfide) groups is 1. The minimum atomic E-state index is -4.42. The number of hydrogen-bond acceptors (Lipinski definition) is 6. The van der Waals surface area contributed by atoms with Crippen molar-refractivity contribution in [3.05, 3.63) is 58.3 Å². The number of pyridine rings is 1. The van der Waals surface area contributed by atoms with Gasteiger partial charge in [0.15, 0.2) is 0 Å². The first-order valence-electron chi connectivity index (χ1n) is 9.13. The molecule has 1 atom stereocenters. The second-order valence-corrected chi connectivity index (χ2v) is 8.14. The molecule has 2 aromatic rings. The van der Waals surface area contributed by atoms with E-state index in [0.717, 1.165) is 17.2 Å². The minimum Gasteiger partial charge on any atom is -0.353 e. The van der Waals surface area contributed by atoms with Gasteiger partial charge in [0.1, 0.15) is 5.82 Å². The Labute approximate surface area is 175 Å². The summed E-state index contributed by atoms with van der Waals surface area (Å²) in [5.74, 6) is 0.391. The maximum atomic E-state index is 12.7.